The lowest BCUT2D eigenvalue weighted by Crippen LogP contribution is -1.91. The number of furan rings is 1. The zero-order valence-corrected chi connectivity index (χ0v) is 24.8. The third kappa shape index (κ3) is 4.40. The van der Waals surface area contributed by atoms with Crippen LogP contribution in [0.25, 0.3) is 98.8 Å². The van der Waals surface area contributed by atoms with E-state index in [-0.39, 0.29) is 21.9 Å². The van der Waals surface area contributed by atoms with Crippen LogP contribution in [0, 0.1) is 0 Å². The summed E-state index contributed by atoms with van der Waals surface area (Å²) in [5, 5.41) is -4.67. The summed E-state index contributed by atoms with van der Waals surface area (Å²) in [5.41, 5.74) is -4.28. The number of benzene rings is 9. The van der Waals surface area contributed by atoms with Crippen LogP contribution in [0.1, 0.15) is 34.3 Å². The van der Waals surface area contributed by atoms with Crippen molar-refractivity contribution in [2.45, 2.75) is 0 Å². The molecule has 0 amide bonds. The Kier molecular flexibility index (Phi) is 2.84. The van der Waals surface area contributed by atoms with E-state index in [4.69, 9.17) is 25.0 Å². The number of fused-ring (bicyclic) bond motifs is 6. The highest BCUT2D eigenvalue weighted by atomic mass is 16.3. The van der Waals surface area contributed by atoms with E-state index in [1.54, 1.807) is 18.2 Å². The van der Waals surface area contributed by atoms with Crippen LogP contribution in [-0.2, 0) is 0 Å². The molecule has 0 saturated carbocycles. The van der Waals surface area contributed by atoms with Gasteiger partial charge in [-0.1, -0.05) is 163 Å². The van der Waals surface area contributed by atoms with E-state index in [2.05, 4.69) is 0 Å². The van der Waals surface area contributed by atoms with Crippen molar-refractivity contribution >= 4 is 54.1 Å². The first-order chi connectivity index (χ1) is 34.7. The van der Waals surface area contributed by atoms with Gasteiger partial charge < -0.3 is 4.42 Å². The largest absolute Gasteiger partial charge is 0.455 e. The molecular weight excluding hydrogens is 593 g/mol. The topological polar surface area (TPSA) is 13.1 Å². The molecule has 10 rings (SSSR count). The van der Waals surface area contributed by atoms with Crippen molar-refractivity contribution in [1.82, 2.24) is 0 Å². The van der Waals surface area contributed by atoms with Gasteiger partial charge in [-0.25, -0.2) is 0 Å². The van der Waals surface area contributed by atoms with Crippen molar-refractivity contribution in [3.8, 4) is 44.7 Å². The molecule has 0 aliphatic rings. The van der Waals surface area contributed by atoms with Gasteiger partial charge in [-0.15, -0.1) is 0 Å². The minimum absolute atomic E-state index is 0.121. The Balaban J connectivity index is 1.59. The molecule has 0 aliphatic heterocycles. The van der Waals surface area contributed by atoms with E-state index < -0.39 is 228 Å². The molecule has 0 N–H and O–H groups in total. The Morgan fingerprint density at radius 3 is 1.61 bits per heavy atom. The number of hydrogen-bond acceptors (Lipinski definition) is 1. The van der Waals surface area contributed by atoms with E-state index in [0.29, 0.717) is 0 Å². The maximum Gasteiger partial charge on any atom is 0.143 e. The molecular formula is C48H30O. The van der Waals surface area contributed by atoms with Crippen molar-refractivity contribution in [2.24, 2.45) is 0 Å². The summed E-state index contributed by atoms with van der Waals surface area (Å²) in [6.45, 7) is 0. The molecule has 1 heterocycles. The molecule has 0 atom stereocenters. The third-order valence-electron chi connectivity index (χ3n) is 8.19. The van der Waals surface area contributed by atoms with E-state index in [0.717, 1.165) is 0 Å². The standard InChI is InChI=1S/C48H30O/c1-3-13-31(14-4-1)35-27-28-44-43(29-35)47(48(49-44)36-26-25-33-24-23-32-15-7-8-18-37(32)42(33)30-36)46-40-21-11-9-19-38(40)45(34-16-5-2-6-17-34)39-20-10-12-22-41(39)46/h1-30H/i1D,3D,4D,7D,8D,9D,10D,11D,12D,13D,14D,15D,18D,19D,20D,21D,22D,23D,24D,25D,26D,27D,28D,29D,30D. The lowest BCUT2D eigenvalue weighted by molar-refractivity contribution is 0.632. The number of hydrogen-bond donors (Lipinski definition) is 0. The molecule has 0 bridgehead atoms. The Morgan fingerprint density at radius 2 is 0.898 bits per heavy atom. The molecule has 0 saturated heterocycles. The van der Waals surface area contributed by atoms with Gasteiger partial charge in [-0.2, -0.15) is 0 Å². The molecule has 10 aromatic rings. The van der Waals surface area contributed by atoms with E-state index >= 15 is 0 Å². The second kappa shape index (κ2) is 11.1. The molecule has 1 heteroatoms. The van der Waals surface area contributed by atoms with Gasteiger partial charge in [0.15, 0.2) is 0 Å². The van der Waals surface area contributed by atoms with Crippen LogP contribution in [0.3, 0.4) is 0 Å². The van der Waals surface area contributed by atoms with Gasteiger partial charge in [0.05, 0.1) is 34.3 Å². The fraction of sp³-hybridized carbons (Fsp3) is 0. The third-order valence-corrected chi connectivity index (χ3v) is 8.19. The summed E-state index contributed by atoms with van der Waals surface area (Å²) >= 11 is 0. The minimum Gasteiger partial charge on any atom is -0.455 e. The molecule has 0 unspecified atom stereocenters. The van der Waals surface area contributed by atoms with E-state index in [1.807, 2.05) is 0 Å². The van der Waals surface area contributed by atoms with Gasteiger partial charge in [-0.3, -0.25) is 0 Å². The fourth-order valence-corrected chi connectivity index (χ4v) is 6.12. The predicted molar refractivity (Wildman–Crippen MR) is 208 cm³/mol. The van der Waals surface area contributed by atoms with Crippen molar-refractivity contribution in [1.29, 1.82) is 0 Å². The highest BCUT2D eigenvalue weighted by Crippen LogP contribution is 2.50. The molecule has 0 fully saturated rings. The fourth-order valence-electron chi connectivity index (χ4n) is 6.12. The Morgan fingerprint density at radius 1 is 0.347 bits per heavy atom. The maximum atomic E-state index is 9.98. The van der Waals surface area contributed by atoms with Crippen molar-refractivity contribution in [3.05, 3.63) is 181 Å². The first kappa shape index (κ1) is 12.5. The van der Waals surface area contributed by atoms with Crippen LogP contribution < -0.4 is 0 Å². The van der Waals surface area contributed by atoms with E-state index in [9.17, 15) is 13.7 Å². The quantitative estimate of drug-likeness (QED) is 0.137. The molecule has 0 aliphatic carbocycles. The average molecular weight is 648 g/mol. The molecule has 228 valence electrons. The molecule has 0 radical (unpaired) electrons. The average Bonchev–Trinajstić information content (AvgIpc) is 3.77. The van der Waals surface area contributed by atoms with Gasteiger partial charge in [0.2, 0.25) is 0 Å². The maximum absolute atomic E-state index is 9.98. The first-order valence-corrected chi connectivity index (χ1v) is 14.8. The lowest BCUT2D eigenvalue weighted by Gasteiger charge is -2.18. The minimum atomic E-state index is -0.982. The monoisotopic (exact) mass is 647 g/mol. The predicted octanol–water partition coefficient (Wildman–Crippen LogP) is 13.7. The second-order valence-corrected chi connectivity index (χ2v) is 10.9. The van der Waals surface area contributed by atoms with Crippen molar-refractivity contribution in [2.75, 3.05) is 0 Å². The Hall–Kier alpha value is -6.44. The molecule has 9 aromatic carbocycles. The SMILES string of the molecule is [2H]c1c([2H])c([2H])c(-c2c([2H])c([2H])c3oc(-c4c([2H])c([2H])c5c([2H])c([2H])c6c([2H])c([2H])c([2H])c([2H])c6c5c4[2H])c(-c4c5c([2H])c([2H])c([2H])c([2H])c5c(-c5ccccc5)c5c([2H])c([2H])c([2H])c([2H])c45)c3c2[2H])c([2H])c1[2H]. The summed E-state index contributed by atoms with van der Waals surface area (Å²) in [6, 6.07) is -13.7. The van der Waals surface area contributed by atoms with Crippen molar-refractivity contribution < 1.29 is 38.7 Å². The number of rotatable bonds is 4. The summed E-state index contributed by atoms with van der Waals surface area (Å²) in [5.74, 6) is -0.838. The van der Waals surface area contributed by atoms with Gasteiger partial charge in [-0.05, 0) is 83.5 Å². The van der Waals surface area contributed by atoms with Crippen molar-refractivity contribution in [3.63, 3.8) is 0 Å². The summed E-state index contributed by atoms with van der Waals surface area (Å²) in [7, 11) is 0. The Bertz CT molecular complexity index is 4190. The lowest BCUT2D eigenvalue weighted by atomic mass is 9.84. The van der Waals surface area contributed by atoms with Crippen LogP contribution in [0.5, 0.6) is 0 Å². The zero-order chi connectivity index (χ0) is 54.1. The van der Waals surface area contributed by atoms with E-state index in [1.165, 1.54) is 12.1 Å². The second-order valence-electron chi connectivity index (χ2n) is 10.9. The molecule has 1 nitrogen and oxygen atoms in total. The molecule has 1 aromatic heterocycles. The van der Waals surface area contributed by atoms with Crippen LogP contribution in [0.4, 0.5) is 0 Å². The van der Waals surface area contributed by atoms with Crippen LogP contribution in [0.2, 0.25) is 0 Å². The Labute approximate surface area is 319 Å². The van der Waals surface area contributed by atoms with Crippen LogP contribution >= 0.6 is 0 Å². The van der Waals surface area contributed by atoms with Gasteiger partial charge >= 0.3 is 0 Å². The summed E-state index contributed by atoms with van der Waals surface area (Å²) in [6.07, 6.45) is 0. The summed E-state index contributed by atoms with van der Waals surface area (Å²) < 4.78 is 234. The highest BCUT2D eigenvalue weighted by molar-refractivity contribution is 6.25. The summed E-state index contributed by atoms with van der Waals surface area (Å²) in [4.78, 5) is 0. The normalized spacial score (nSPS) is 18.8. The van der Waals surface area contributed by atoms with Crippen LogP contribution in [0.15, 0.2) is 186 Å². The van der Waals surface area contributed by atoms with Gasteiger partial charge in [0.25, 0.3) is 0 Å². The van der Waals surface area contributed by atoms with Gasteiger partial charge in [0, 0.05) is 22.1 Å². The smallest absolute Gasteiger partial charge is 0.143 e. The van der Waals surface area contributed by atoms with Crippen LogP contribution in [-0.4, -0.2) is 0 Å². The molecule has 0 spiro atoms. The molecule has 49 heavy (non-hydrogen) atoms. The first-order valence-electron chi connectivity index (χ1n) is 27.3. The zero-order valence-electron chi connectivity index (χ0n) is 49.8. The highest BCUT2D eigenvalue weighted by Gasteiger charge is 2.24. The van der Waals surface area contributed by atoms with Gasteiger partial charge in [0.1, 0.15) is 11.3 Å².